The van der Waals surface area contributed by atoms with Crippen molar-refractivity contribution in [3.63, 3.8) is 0 Å². The van der Waals surface area contributed by atoms with Gasteiger partial charge in [-0.05, 0) is 44.0 Å². The fraction of sp³-hybridized carbons (Fsp3) is 0.292. The first kappa shape index (κ1) is 25.1. The topological polar surface area (TPSA) is 104 Å². The van der Waals surface area contributed by atoms with E-state index in [0.29, 0.717) is 29.3 Å². The number of nitrogens with one attached hydrogen (secondary N) is 2. The van der Waals surface area contributed by atoms with Crippen LogP contribution in [0.5, 0.6) is 0 Å². The van der Waals surface area contributed by atoms with Crippen molar-refractivity contribution in [2.45, 2.75) is 30.7 Å². The number of hydrazine groups is 1. The summed E-state index contributed by atoms with van der Waals surface area (Å²) < 4.78 is 0. The number of aromatic nitrogens is 2. The zero-order chi connectivity index (χ0) is 24.8. The molecule has 0 spiro atoms. The highest BCUT2D eigenvalue weighted by atomic mass is 32.2. The van der Waals surface area contributed by atoms with E-state index < -0.39 is 5.91 Å². The summed E-state index contributed by atoms with van der Waals surface area (Å²) >= 11 is 4.28. The van der Waals surface area contributed by atoms with E-state index in [4.69, 9.17) is 0 Å². The first-order valence-electron chi connectivity index (χ1n) is 11.1. The minimum absolute atomic E-state index is 0.0148. The molecule has 4 heterocycles. The summed E-state index contributed by atoms with van der Waals surface area (Å²) in [6.45, 7) is 6.87. The number of thioether (sulfide) groups is 1. The third kappa shape index (κ3) is 6.16. The van der Waals surface area contributed by atoms with Crippen molar-refractivity contribution in [3.05, 3.63) is 74.5 Å². The van der Waals surface area contributed by atoms with Gasteiger partial charge >= 0.3 is 0 Å². The first-order valence-corrected chi connectivity index (χ1v) is 13.7. The highest BCUT2D eigenvalue weighted by Crippen LogP contribution is 2.31. The number of thiazole rings is 1. The maximum atomic E-state index is 13.1. The van der Waals surface area contributed by atoms with E-state index in [0.717, 1.165) is 27.8 Å². The number of hydrogen-bond donors (Lipinski definition) is 2. The molecular weight excluding hydrogens is 502 g/mol. The SMILES string of the molecule is C=CCSc1ncccc1C(=O)N1CCC(c2nc(C(=O)NNC(=O)c3ccc(C)s3)cs2)CC1. The van der Waals surface area contributed by atoms with Crippen LogP contribution in [0.2, 0.25) is 0 Å². The second kappa shape index (κ2) is 11.6. The third-order valence-corrected chi connectivity index (χ3v) is 8.49. The van der Waals surface area contributed by atoms with Gasteiger partial charge in [0.1, 0.15) is 10.7 Å². The molecule has 35 heavy (non-hydrogen) atoms. The lowest BCUT2D eigenvalue weighted by molar-refractivity contribution is 0.0708. The van der Waals surface area contributed by atoms with Gasteiger partial charge in [-0.1, -0.05) is 6.08 Å². The number of rotatable bonds is 7. The van der Waals surface area contributed by atoms with Gasteiger partial charge in [-0.2, -0.15) is 0 Å². The van der Waals surface area contributed by atoms with Crippen LogP contribution in [0.15, 0.2) is 53.5 Å². The van der Waals surface area contributed by atoms with Crippen LogP contribution in [-0.2, 0) is 0 Å². The maximum Gasteiger partial charge on any atom is 0.289 e. The Morgan fingerprint density at radius 1 is 1.20 bits per heavy atom. The van der Waals surface area contributed by atoms with Gasteiger partial charge in [0.05, 0.1) is 15.4 Å². The molecular formula is C24H25N5O3S3. The molecule has 3 aromatic rings. The lowest BCUT2D eigenvalue weighted by Crippen LogP contribution is -2.41. The minimum Gasteiger partial charge on any atom is -0.339 e. The number of carbonyl (C=O) groups is 3. The van der Waals surface area contributed by atoms with Gasteiger partial charge in [0.2, 0.25) is 0 Å². The van der Waals surface area contributed by atoms with E-state index in [1.807, 2.05) is 24.0 Å². The Morgan fingerprint density at radius 2 is 1.97 bits per heavy atom. The second-order valence-corrected chi connectivity index (χ2v) is 11.1. The Morgan fingerprint density at radius 3 is 2.69 bits per heavy atom. The molecule has 3 amide bonds. The fourth-order valence-electron chi connectivity index (χ4n) is 3.68. The molecule has 0 bridgehead atoms. The molecule has 4 rings (SSSR count). The van der Waals surface area contributed by atoms with E-state index in [2.05, 4.69) is 27.4 Å². The van der Waals surface area contributed by atoms with Gasteiger partial charge in [0.25, 0.3) is 17.7 Å². The highest BCUT2D eigenvalue weighted by molar-refractivity contribution is 7.99. The minimum atomic E-state index is -0.456. The summed E-state index contributed by atoms with van der Waals surface area (Å²) in [5.41, 5.74) is 5.74. The molecule has 182 valence electrons. The monoisotopic (exact) mass is 527 g/mol. The molecule has 1 saturated heterocycles. The van der Waals surface area contributed by atoms with Gasteiger partial charge < -0.3 is 4.90 Å². The van der Waals surface area contributed by atoms with E-state index in [9.17, 15) is 14.4 Å². The number of thiophene rings is 1. The molecule has 1 aliphatic heterocycles. The van der Waals surface area contributed by atoms with Gasteiger partial charge in [0.15, 0.2) is 0 Å². The summed E-state index contributed by atoms with van der Waals surface area (Å²) in [5, 5.41) is 3.28. The largest absolute Gasteiger partial charge is 0.339 e. The van der Waals surface area contributed by atoms with Crippen LogP contribution in [0.25, 0.3) is 0 Å². The molecule has 0 aromatic carbocycles. The fourth-order valence-corrected chi connectivity index (χ4v) is 6.14. The van der Waals surface area contributed by atoms with Crippen molar-refractivity contribution in [1.29, 1.82) is 0 Å². The standard InChI is InChI=1S/C24H25N5O3S3/c1-3-13-33-23-17(5-4-10-25-23)24(32)29-11-8-16(9-12-29)22-26-18(14-34-22)20(30)27-28-21(31)19-7-6-15(2)35-19/h3-7,10,14,16H,1,8-9,11-13H2,2H3,(H,27,30)(H,28,31). The van der Waals surface area contributed by atoms with Gasteiger partial charge in [0, 0.05) is 41.2 Å². The zero-order valence-electron chi connectivity index (χ0n) is 19.2. The average Bonchev–Trinajstić information content (AvgIpc) is 3.55. The molecule has 11 heteroatoms. The predicted octanol–water partition coefficient (Wildman–Crippen LogP) is 4.28. The maximum absolute atomic E-state index is 13.1. The number of hydrogen-bond acceptors (Lipinski definition) is 8. The van der Waals surface area contributed by atoms with Gasteiger partial charge in [-0.15, -0.1) is 41.0 Å². The molecule has 8 nitrogen and oxygen atoms in total. The van der Waals surface area contributed by atoms with E-state index in [-0.39, 0.29) is 23.4 Å². The molecule has 3 aromatic heterocycles. The van der Waals surface area contributed by atoms with Crippen LogP contribution in [0, 0.1) is 6.92 Å². The Labute approximate surface area is 215 Å². The van der Waals surface area contributed by atoms with E-state index >= 15 is 0 Å². The summed E-state index contributed by atoms with van der Waals surface area (Å²) in [6, 6.07) is 7.17. The smallest absolute Gasteiger partial charge is 0.289 e. The molecule has 0 aliphatic carbocycles. The van der Waals surface area contributed by atoms with Crippen molar-refractivity contribution in [3.8, 4) is 0 Å². The lowest BCUT2D eigenvalue weighted by atomic mass is 9.97. The van der Waals surface area contributed by atoms with Gasteiger partial charge in [-0.25, -0.2) is 9.97 Å². The quantitative estimate of drug-likeness (QED) is 0.270. The van der Waals surface area contributed by atoms with Crippen LogP contribution in [0.1, 0.15) is 59.2 Å². The number of pyridine rings is 1. The Kier molecular flexibility index (Phi) is 8.32. The van der Waals surface area contributed by atoms with Crippen molar-refractivity contribution in [1.82, 2.24) is 25.7 Å². The average molecular weight is 528 g/mol. The van der Waals surface area contributed by atoms with Crippen LogP contribution >= 0.6 is 34.4 Å². The van der Waals surface area contributed by atoms with Crippen molar-refractivity contribution in [2.75, 3.05) is 18.8 Å². The molecule has 0 saturated carbocycles. The number of likely N-dealkylation sites (tertiary alicyclic amines) is 1. The van der Waals surface area contributed by atoms with Crippen molar-refractivity contribution in [2.24, 2.45) is 0 Å². The summed E-state index contributed by atoms with van der Waals surface area (Å²) in [7, 11) is 0. The predicted molar refractivity (Wildman–Crippen MR) is 139 cm³/mol. The normalized spacial score (nSPS) is 13.9. The number of aryl methyl sites for hydroxylation is 1. The lowest BCUT2D eigenvalue weighted by Gasteiger charge is -2.31. The van der Waals surface area contributed by atoms with Crippen LogP contribution in [-0.4, -0.2) is 51.4 Å². The highest BCUT2D eigenvalue weighted by Gasteiger charge is 2.28. The number of piperidine rings is 1. The van der Waals surface area contributed by atoms with E-state index in [1.165, 1.54) is 34.4 Å². The Bertz CT molecular complexity index is 1230. The molecule has 0 atom stereocenters. The molecule has 0 unspecified atom stereocenters. The molecule has 1 aliphatic rings. The van der Waals surface area contributed by atoms with Crippen LogP contribution in [0.4, 0.5) is 0 Å². The molecule has 2 N–H and O–H groups in total. The molecule has 0 radical (unpaired) electrons. The van der Waals surface area contributed by atoms with E-state index in [1.54, 1.807) is 29.8 Å². The zero-order valence-corrected chi connectivity index (χ0v) is 21.6. The summed E-state index contributed by atoms with van der Waals surface area (Å²) in [6.07, 6.45) is 5.02. The summed E-state index contributed by atoms with van der Waals surface area (Å²) in [5.74, 6) is 0.0414. The third-order valence-electron chi connectivity index (χ3n) is 5.48. The van der Waals surface area contributed by atoms with Crippen LogP contribution in [0.3, 0.4) is 0 Å². The molecule has 1 fully saturated rings. The van der Waals surface area contributed by atoms with Crippen LogP contribution < -0.4 is 10.9 Å². The van der Waals surface area contributed by atoms with Gasteiger partial charge in [-0.3, -0.25) is 25.2 Å². The number of carbonyl (C=O) groups excluding carboxylic acids is 3. The van der Waals surface area contributed by atoms with Crippen molar-refractivity contribution >= 4 is 52.2 Å². The van der Waals surface area contributed by atoms with Crippen molar-refractivity contribution < 1.29 is 14.4 Å². The second-order valence-electron chi connectivity index (χ2n) is 7.91. The summed E-state index contributed by atoms with van der Waals surface area (Å²) in [4.78, 5) is 49.9. The Hall–Kier alpha value is -3.02. The Balaban J connectivity index is 1.30. The first-order chi connectivity index (χ1) is 17.0. The number of nitrogens with zero attached hydrogens (tertiary/aromatic N) is 3. The number of amides is 3.